The first-order valence-corrected chi connectivity index (χ1v) is 6.53. The summed E-state index contributed by atoms with van der Waals surface area (Å²) in [6.07, 6.45) is 1.83. The maximum atomic E-state index is 12.3. The number of quaternary nitrogens is 1. The molecule has 1 aliphatic rings. The Bertz CT molecular complexity index is 607. The molecule has 1 aromatic heterocycles. The van der Waals surface area contributed by atoms with Gasteiger partial charge in [0.15, 0.2) is 11.8 Å². The number of carbonyl (C=O) groups excluding carboxylic acids is 2. The molecule has 5 heteroatoms. The largest absolute Gasteiger partial charge is 0.463 e. The van der Waals surface area contributed by atoms with Crippen LogP contribution in [0.25, 0.3) is 0 Å². The number of nitrogens with zero attached hydrogens (tertiary/aromatic N) is 1. The van der Waals surface area contributed by atoms with E-state index in [9.17, 15) is 9.59 Å². The van der Waals surface area contributed by atoms with Crippen LogP contribution in [0.5, 0.6) is 0 Å². The minimum Gasteiger partial charge on any atom is -0.463 e. The van der Waals surface area contributed by atoms with Crippen LogP contribution in [0, 0.1) is 0 Å². The summed E-state index contributed by atoms with van der Waals surface area (Å²) in [6, 6.07) is 12.3. The summed E-state index contributed by atoms with van der Waals surface area (Å²) in [4.78, 5) is 25.6. The molecule has 1 aliphatic heterocycles. The third-order valence-corrected chi connectivity index (χ3v) is 3.38. The van der Waals surface area contributed by atoms with Crippen LogP contribution in [0.4, 0.5) is 5.69 Å². The molecule has 0 bridgehead atoms. The number of anilines is 1. The van der Waals surface area contributed by atoms with E-state index in [0.717, 1.165) is 5.76 Å². The molecule has 2 heterocycles. The molecule has 20 heavy (non-hydrogen) atoms. The number of carbonyl (C=O) groups is 2. The summed E-state index contributed by atoms with van der Waals surface area (Å²) < 4.78 is 5.23. The SMILES string of the molecule is O=C1CC([NH2+]Cc2ccco2)C(=O)N1c1ccccc1. The molecular weight excluding hydrogens is 256 g/mol. The van der Waals surface area contributed by atoms with Gasteiger partial charge in [-0.2, -0.15) is 0 Å². The first-order valence-electron chi connectivity index (χ1n) is 6.53. The minimum absolute atomic E-state index is 0.151. The molecule has 1 atom stereocenters. The molecule has 5 nitrogen and oxygen atoms in total. The van der Waals surface area contributed by atoms with E-state index in [2.05, 4.69) is 0 Å². The second-order valence-electron chi connectivity index (χ2n) is 4.73. The molecule has 102 valence electrons. The summed E-state index contributed by atoms with van der Waals surface area (Å²) in [5.74, 6) is 0.484. The summed E-state index contributed by atoms with van der Waals surface area (Å²) in [5.41, 5.74) is 0.636. The van der Waals surface area contributed by atoms with Crippen LogP contribution in [0.15, 0.2) is 53.1 Å². The van der Waals surface area contributed by atoms with Crippen molar-refractivity contribution in [3.05, 3.63) is 54.5 Å². The molecule has 3 rings (SSSR count). The van der Waals surface area contributed by atoms with Crippen molar-refractivity contribution < 1.29 is 19.3 Å². The first kappa shape index (κ1) is 12.6. The molecule has 1 saturated heterocycles. The number of hydrogen-bond acceptors (Lipinski definition) is 3. The lowest BCUT2D eigenvalue weighted by Gasteiger charge is -2.13. The lowest BCUT2D eigenvalue weighted by atomic mass is 10.2. The number of para-hydroxylation sites is 1. The fourth-order valence-electron chi connectivity index (χ4n) is 2.38. The van der Waals surface area contributed by atoms with Gasteiger partial charge in [0.1, 0.15) is 6.54 Å². The third-order valence-electron chi connectivity index (χ3n) is 3.38. The van der Waals surface area contributed by atoms with Crippen molar-refractivity contribution in [2.24, 2.45) is 0 Å². The molecule has 0 aliphatic carbocycles. The van der Waals surface area contributed by atoms with E-state index < -0.39 is 0 Å². The van der Waals surface area contributed by atoms with E-state index in [1.54, 1.807) is 24.5 Å². The highest BCUT2D eigenvalue weighted by Crippen LogP contribution is 2.20. The van der Waals surface area contributed by atoms with Gasteiger partial charge < -0.3 is 9.73 Å². The van der Waals surface area contributed by atoms with Gasteiger partial charge in [-0.15, -0.1) is 0 Å². The monoisotopic (exact) mass is 271 g/mol. The van der Waals surface area contributed by atoms with Gasteiger partial charge in [0.05, 0.1) is 18.4 Å². The zero-order valence-electron chi connectivity index (χ0n) is 10.9. The summed E-state index contributed by atoms with van der Waals surface area (Å²) in [7, 11) is 0. The van der Waals surface area contributed by atoms with E-state index >= 15 is 0 Å². The Labute approximate surface area is 116 Å². The minimum atomic E-state index is -0.368. The summed E-state index contributed by atoms with van der Waals surface area (Å²) >= 11 is 0. The number of hydrogen-bond donors (Lipinski definition) is 1. The topological polar surface area (TPSA) is 67.1 Å². The quantitative estimate of drug-likeness (QED) is 0.831. The van der Waals surface area contributed by atoms with Gasteiger partial charge in [-0.05, 0) is 24.3 Å². The van der Waals surface area contributed by atoms with E-state index in [1.807, 2.05) is 29.6 Å². The van der Waals surface area contributed by atoms with Gasteiger partial charge in [0.25, 0.3) is 5.91 Å². The van der Waals surface area contributed by atoms with Gasteiger partial charge in [0, 0.05) is 0 Å². The van der Waals surface area contributed by atoms with Crippen LogP contribution in [0.3, 0.4) is 0 Å². The van der Waals surface area contributed by atoms with Crippen molar-refractivity contribution in [1.82, 2.24) is 0 Å². The Morgan fingerprint density at radius 2 is 1.95 bits per heavy atom. The number of furan rings is 1. The Balaban J connectivity index is 1.70. The normalized spacial score (nSPS) is 18.8. The predicted octanol–water partition coefficient (Wildman–Crippen LogP) is 0.675. The highest BCUT2D eigenvalue weighted by molar-refractivity contribution is 6.21. The van der Waals surface area contributed by atoms with Crippen molar-refractivity contribution in [2.75, 3.05) is 4.90 Å². The molecule has 0 radical (unpaired) electrons. The van der Waals surface area contributed by atoms with Crippen LogP contribution in [-0.4, -0.2) is 17.9 Å². The molecular formula is C15H15N2O3+. The Hall–Kier alpha value is -2.40. The summed E-state index contributed by atoms with van der Waals surface area (Å²) in [5, 5.41) is 1.85. The van der Waals surface area contributed by atoms with Crippen LogP contribution in [0.2, 0.25) is 0 Å². The summed E-state index contributed by atoms with van der Waals surface area (Å²) in [6.45, 7) is 0.555. The van der Waals surface area contributed by atoms with Gasteiger partial charge in [-0.25, -0.2) is 4.90 Å². The zero-order chi connectivity index (χ0) is 13.9. The van der Waals surface area contributed by atoms with Gasteiger partial charge in [-0.3, -0.25) is 9.59 Å². The molecule has 0 saturated carbocycles. The van der Waals surface area contributed by atoms with E-state index in [4.69, 9.17) is 4.42 Å². The van der Waals surface area contributed by atoms with E-state index in [1.165, 1.54) is 4.90 Å². The van der Waals surface area contributed by atoms with Gasteiger partial charge in [0.2, 0.25) is 5.91 Å². The second kappa shape index (κ2) is 5.30. The predicted molar refractivity (Wildman–Crippen MR) is 71.7 cm³/mol. The van der Waals surface area contributed by atoms with Crippen LogP contribution in [0.1, 0.15) is 12.2 Å². The Morgan fingerprint density at radius 1 is 1.15 bits per heavy atom. The van der Waals surface area contributed by atoms with Crippen molar-refractivity contribution in [1.29, 1.82) is 0 Å². The van der Waals surface area contributed by atoms with Gasteiger partial charge in [-0.1, -0.05) is 18.2 Å². The lowest BCUT2D eigenvalue weighted by Crippen LogP contribution is -2.90. The Morgan fingerprint density at radius 3 is 2.65 bits per heavy atom. The van der Waals surface area contributed by atoms with Crippen LogP contribution >= 0.6 is 0 Å². The average molecular weight is 271 g/mol. The zero-order valence-corrected chi connectivity index (χ0v) is 10.9. The van der Waals surface area contributed by atoms with Crippen LogP contribution in [-0.2, 0) is 16.1 Å². The lowest BCUT2D eigenvalue weighted by molar-refractivity contribution is -0.691. The van der Waals surface area contributed by atoms with Crippen molar-refractivity contribution in [2.45, 2.75) is 19.0 Å². The highest BCUT2D eigenvalue weighted by atomic mass is 16.3. The van der Waals surface area contributed by atoms with Crippen molar-refractivity contribution in [3.63, 3.8) is 0 Å². The first-order chi connectivity index (χ1) is 9.75. The maximum absolute atomic E-state index is 12.3. The number of imide groups is 1. The maximum Gasteiger partial charge on any atom is 0.292 e. The van der Waals surface area contributed by atoms with Gasteiger partial charge >= 0.3 is 0 Å². The third kappa shape index (κ3) is 2.35. The van der Waals surface area contributed by atoms with Crippen LogP contribution < -0.4 is 10.2 Å². The molecule has 1 aromatic carbocycles. The number of benzene rings is 1. The van der Waals surface area contributed by atoms with Crippen molar-refractivity contribution in [3.8, 4) is 0 Å². The molecule has 2 N–H and O–H groups in total. The Kier molecular flexibility index (Phi) is 3.35. The molecule has 2 aromatic rings. The second-order valence-corrected chi connectivity index (χ2v) is 4.73. The smallest absolute Gasteiger partial charge is 0.292 e. The van der Waals surface area contributed by atoms with Crippen molar-refractivity contribution >= 4 is 17.5 Å². The number of rotatable bonds is 4. The molecule has 1 fully saturated rings. The average Bonchev–Trinajstić information content (AvgIpc) is 3.06. The fraction of sp³-hybridized carbons (Fsp3) is 0.200. The standard InChI is InChI=1S/C15H14N2O3/c18-14-9-13(16-10-12-7-4-8-20-12)15(19)17(14)11-5-2-1-3-6-11/h1-8,13,16H,9-10H2/p+1. The number of amides is 2. The highest BCUT2D eigenvalue weighted by Gasteiger charge is 2.42. The van der Waals surface area contributed by atoms with E-state index in [-0.39, 0.29) is 24.3 Å². The van der Waals surface area contributed by atoms with E-state index in [0.29, 0.717) is 12.2 Å². The molecule has 2 amide bonds. The number of nitrogens with two attached hydrogens (primary N) is 1. The fourth-order valence-corrected chi connectivity index (χ4v) is 2.38. The molecule has 1 unspecified atom stereocenters. The molecule has 0 spiro atoms.